The van der Waals surface area contributed by atoms with E-state index in [0.29, 0.717) is 6.07 Å². The number of carbonyl (C=O) groups is 1. The molecule has 1 N–H and O–H groups in total. The Bertz CT molecular complexity index is 474. The summed E-state index contributed by atoms with van der Waals surface area (Å²) >= 11 is 0. The average Bonchev–Trinajstić information content (AvgIpc) is 2.67. The number of aromatic nitrogens is 2. The Morgan fingerprint density at radius 2 is 1.87 bits per heavy atom. The summed E-state index contributed by atoms with van der Waals surface area (Å²) in [4.78, 5) is 17.9. The van der Waals surface area contributed by atoms with Crippen LogP contribution >= 0.6 is 0 Å². The van der Waals surface area contributed by atoms with E-state index in [1.807, 2.05) is 0 Å². The molecule has 5 heteroatoms. The molecule has 0 aliphatic carbocycles. The third-order valence-corrected chi connectivity index (χ3v) is 1.84. The number of hydrogen-bond donors (Lipinski definition) is 1. The normalized spacial score (nSPS) is 10.3. The second-order valence-corrected chi connectivity index (χ2v) is 2.93. The van der Waals surface area contributed by atoms with Crippen LogP contribution in [-0.2, 0) is 0 Å². The van der Waals surface area contributed by atoms with Gasteiger partial charge in [0.25, 0.3) is 0 Å². The first-order valence-corrected chi connectivity index (χ1v) is 4.17. The molecular weight excluding hydrogens is 202 g/mol. The quantitative estimate of drug-likeness (QED) is 0.766. The minimum absolute atomic E-state index is 0.0556. The van der Waals surface area contributed by atoms with Crippen molar-refractivity contribution < 1.29 is 13.6 Å². The Balaban J connectivity index is 2.42. The van der Waals surface area contributed by atoms with E-state index >= 15 is 0 Å². The van der Waals surface area contributed by atoms with Crippen molar-refractivity contribution in [2.24, 2.45) is 0 Å². The second kappa shape index (κ2) is 3.61. The van der Waals surface area contributed by atoms with Gasteiger partial charge >= 0.3 is 0 Å². The molecule has 1 aromatic heterocycles. The van der Waals surface area contributed by atoms with Crippen LogP contribution < -0.4 is 0 Å². The lowest BCUT2D eigenvalue weighted by Gasteiger charge is -1.98. The van der Waals surface area contributed by atoms with Crippen molar-refractivity contribution in [1.82, 2.24) is 9.97 Å². The molecule has 0 amide bonds. The van der Waals surface area contributed by atoms with Gasteiger partial charge in [-0.25, -0.2) is 13.8 Å². The minimum Gasteiger partial charge on any atom is -0.342 e. The fourth-order valence-corrected chi connectivity index (χ4v) is 1.21. The zero-order chi connectivity index (χ0) is 10.8. The number of nitrogens with zero attached hydrogens (tertiary/aromatic N) is 1. The highest BCUT2D eigenvalue weighted by Gasteiger charge is 2.13. The van der Waals surface area contributed by atoms with Gasteiger partial charge in [-0.3, -0.25) is 4.79 Å². The fourth-order valence-electron chi connectivity index (χ4n) is 1.21. The number of hydrogen-bond acceptors (Lipinski definition) is 2. The number of imidazole rings is 1. The van der Waals surface area contributed by atoms with Crippen LogP contribution in [-0.4, -0.2) is 15.8 Å². The van der Waals surface area contributed by atoms with Gasteiger partial charge in [0, 0.05) is 24.0 Å². The van der Waals surface area contributed by atoms with E-state index in [2.05, 4.69) is 9.97 Å². The smallest absolute Gasteiger partial charge is 0.228 e. The number of aromatic amines is 1. The third kappa shape index (κ3) is 1.90. The lowest BCUT2D eigenvalue weighted by atomic mass is 10.1. The lowest BCUT2D eigenvalue weighted by Crippen LogP contribution is -2.04. The van der Waals surface area contributed by atoms with E-state index in [-0.39, 0.29) is 11.4 Å². The van der Waals surface area contributed by atoms with Crippen molar-refractivity contribution in [3.8, 4) is 0 Å². The summed E-state index contributed by atoms with van der Waals surface area (Å²) in [5.41, 5.74) is -0.0672. The largest absolute Gasteiger partial charge is 0.342 e. The SMILES string of the molecule is O=C(c1cc(F)cc(F)c1)c1ncc[nH]1. The second-order valence-electron chi connectivity index (χ2n) is 2.93. The maximum atomic E-state index is 12.8. The van der Waals surface area contributed by atoms with E-state index in [1.165, 1.54) is 12.4 Å². The Labute approximate surface area is 83.8 Å². The highest BCUT2D eigenvalue weighted by molar-refractivity contribution is 6.06. The van der Waals surface area contributed by atoms with Crippen LogP contribution in [0.4, 0.5) is 8.78 Å². The molecule has 0 saturated carbocycles. The molecule has 2 aromatic rings. The molecule has 3 nitrogen and oxygen atoms in total. The standard InChI is InChI=1S/C10H6F2N2O/c11-7-3-6(4-8(12)5-7)9(15)10-13-1-2-14-10/h1-5H,(H,13,14). The summed E-state index contributed by atoms with van der Waals surface area (Å²) in [6, 6.07) is 2.64. The Hall–Kier alpha value is -2.04. The van der Waals surface area contributed by atoms with E-state index < -0.39 is 17.4 Å². The molecule has 76 valence electrons. The van der Waals surface area contributed by atoms with Crippen LogP contribution in [0.5, 0.6) is 0 Å². The number of halogens is 2. The molecule has 1 heterocycles. The molecule has 0 spiro atoms. The molecule has 0 saturated heterocycles. The van der Waals surface area contributed by atoms with Crippen LogP contribution in [0.2, 0.25) is 0 Å². The molecular formula is C10H6F2N2O. The third-order valence-electron chi connectivity index (χ3n) is 1.84. The molecule has 2 rings (SSSR count). The zero-order valence-corrected chi connectivity index (χ0v) is 7.50. The molecule has 0 aliphatic heterocycles. The van der Waals surface area contributed by atoms with Crippen LogP contribution in [0.3, 0.4) is 0 Å². The van der Waals surface area contributed by atoms with Crippen molar-refractivity contribution in [1.29, 1.82) is 0 Å². The number of nitrogens with one attached hydrogen (secondary N) is 1. The Morgan fingerprint density at radius 1 is 1.20 bits per heavy atom. The van der Waals surface area contributed by atoms with Gasteiger partial charge in [0.1, 0.15) is 11.6 Å². The van der Waals surface area contributed by atoms with Crippen LogP contribution in [0.1, 0.15) is 16.2 Å². The summed E-state index contributed by atoms with van der Waals surface area (Å²) in [7, 11) is 0. The predicted molar refractivity (Wildman–Crippen MR) is 48.4 cm³/mol. The molecule has 0 unspecified atom stereocenters. The van der Waals surface area contributed by atoms with Gasteiger partial charge in [0.05, 0.1) is 0 Å². The van der Waals surface area contributed by atoms with Crippen molar-refractivity contribution in [3.05, 3.63) is 53.6 Å². The van der Waals surface area contributed by atoms with Gasteiger partial charge in [0.2, 0.25) is 5.78 Å². The number of H-pyrrole nitrogens is 1. The molecule has 0 radical (unpaired) electrons. The molecule has 0 atom stereocenters. The molecule has 0 bridgehead atoms. The van der Waals surface area contributed by atoms with E-state index in [4.69, 9.17) is 0 Å². The maximum absolute atomic E-state index is 12.8. The number of ketones is 1. The summed E-state index contributed by atoms with van der Waals surface area (Å²) in [5, 5.41) is 0. The van der Waals surface area contributed by atoms with Gasteiger partial charge in [-0.05, 0) is 12.1 Å². The lowest BCUT2D eigenvalue weighted by molar-refractivity contribution is 0.102. The number of carbonyl (C=O) groups excluding carboxylic acids is 1. The molecule has 15 heavy (non-hydrogen) atoms. The van der Waals surface area contributed by atoms with E-state index in [1.54, 1.807) is 0 Å². The summed E-state index contributed by atoms with van der Waals surface area (Å²) in [6.45, 7) is 0. The van der Waals surface area contributed by atoms with Crippen molar-refractivity contribution in [3.63, 3.8) is 0 Å². The molecule has 0 fully saturated rings. The van der Waals surface area contributed by atoms with Crippen LogP contribution in [0, 0.1) is 11.6 Å². The van der Waals surface area contributed by atoms with Gasteiger partial charge < -0.3 is 4.98 Å². The minimum atomic E-state index is -0.787. The average molecular weight is 208 g/mol. The van der Waals surface area contributed by atoms with Crippen molar-refractivity contribution >= 4 is 5.78 Å². The van der Waals surface area contributed by atoms with Gasteiger partial charge in [-0.15, -0.1) is 0 Å². The first kappa shape index (κ1) is 9.51. The van der Waals surface area contributed by atoms with E-state index in [0.717, 1.165) is 12.1 Å². The fraction of sp³-hybridized carbons (Fsp3) is 0. The van der Waals surface area contributed by atoms with E-state index in [9.17, 15) is 13.6 Å². The first-order chi connectivity index (χ1) is 7.16. The Kier molecular flexibility index (Phi) is 2.29. The van der Waals surface area contributed by atoms with Gasteiger partial charge in [-0.1, -0.05) is 0 Å². The summed E-state index contributed by atoms with van der Waals surface area (Å²) in [5.74, 6) is -2.06. The Morgan fingerprint density at radius 3 is 2.40 bits per heavy atom. The molecule has 0 aliphatic rings. The number of rotatable bonds is 2. The number of benzene rings is 1. The van der Waals surface area contributed by atoms with Gasteiger partial charge in [0.15, 0.2) is 5.82 Å². The van der Waals surface area contributed by atoms with Crippen molar-refractivity contribution in [2.75, 3.05) is 0 Å². The first-order valence-electron chi connectivity index (χ1n) is 4.17. The summed E-state index contributed by atoms with van der Waals surface area (Å²) in [6.07, 6.45) is 2.85. The van der Waals surface area contributed by atoms with Gasteiger partial charge in [-0.2, -0.15) is 0 Å². The highest BCUT2D eigenvalue weighted by atomic mass is 19.1. The van der Waals surface area contributed by atoms with Crippen LogP contribution in [0.25, 0.3) is 0 Å². The van der Waals surface area contributed by atoms with Crippen LogP contribution in [0.15, 0.2) is 30.6 Å². The topological polar surface area (TPSA) is 45.8 Å². The predicted octanol–water partition coefficient (Wildman–Crippen LogP) is 1.92. The molecule has 1 aromatic carbocycles. The maximum Gasteiger partial charge on any atom is 0.228 e. The van der Waals surface area contributed by atoms with Crippen molar-refractivity contribution in [2.45, 2.75) is 0 Å². The monoisotopic (exact) mass is 208 g/mol. The summed E-state index contributed by atoms with van der Waals surface area (Å²) < 4.78 is 25.6. The highest BCUT2D eigenvalue weighted by Crippen LogP contribution is 2.10. The zero-order valence-electron chi connectivity index (χ0n) is 7.50.